The minimum Gasteiger partial charge on any atom is -0.469 e. The van der Waals surface area contributed by atoms with Gasteiger partial charge in [0.2, 0.25) is 5.91 Å². The first-order chi connectivity index (χ1) is 8.87. The number of esters is 1. The van der Waals surface area contributed by atoms with Crippen LogP contribution in [0.1, 0.15) is 20.3 Å². The fourth-order valence-corrected chi connectivity index (χ4v) is 2.60. The van der Waals surface area contributed by atoms with Gasteiger partial charge in [0.25, 0.3) is 0 Å². The second-order valence-electron chi connectivity index (χ2n) is 5.14. The van der Waals surface area contributed by atoms with E-state index in [1.165, 1.54) is 24.1 Å². The number of anilines is 1. The van der Waals surface area contributed by atoms with Gasteiger partial charge >= 0.3 is 5.97 Å². The number of nitrogens with zero attached hydrogens (tertiary/aromatic N) is 1. The van der Waals surface area contributed by atoms with Crippen LogP contribution in [0.4, 0.5) is 10.1 Å². The van der Waals surface area contributed by atoms with Crippen LogP contribution in [-0.4, -0.2) is 24.5 Å². The average Bonchev–Trinajstić information content (AvgIpc) is 2.58. The molecule has 1 atom stereocenters. The van der Waals surface area contributed by atoms with E-state index in [1.54, 1.807) is 26.0 Å². The van der Waals surface area contributed by atoms with Gasteiger partial charge in [-0.1, -0.05) is 6.07 Å². The Hall–Kier alpha value is -1.91. The van der Waals surface area contributed by atoms with E-state index in [0.29, 0.717) is 5.69 Å². The Morgan fingerprint density at radius 2 is 2.16 bits per heavy atom. The maximum atomic E-state index is 13.3. The predicted molar refractivity (Wildman–Crippen MR) is 68.1 cm³/mol. The van der Waals surface area contributed by atoms with Crippen molar-refractivity contribution in [2.75, 3.05) is 12.0 Å². The summed E-state index contributed by atoms with van der Waals surface area (Å²) in [7, 11) is 1.30. The van der Waals surface area contributed by atoms with Gasteiger partial charge in [0.15, 0.2) is 0 Å². The van der Waals surface area contributed by atoms with Crippen LogP contribution in [0.3, 0.4) is 0 Å². The maximum Gasteiger partial charge on any atom is 0.311 e. The molecule has 0 aromatic heterocycles. The number of rotatable bonds is 2. The van der Waals surface area contributed by atoms with Gasteiger partial charge < -0.3 is 9.64 Å². The molecule has 1 fully saturated rings. The summed E-state index contributed by atoms with van der Waals surface area (Å²) in [5.41, 5.74) is -0.278. The number of carbonyl (C=O) groups excluding carboxylic acids is 2. The topological polar surface area (TPSA) is 46.6 Å². The van der Waals surface area contributed by atoms with Crippen LogP contribution in [0.15, 0.2) is 24.3 Å². The molecule has 1 amide bonds. The second-order valence-corrected chi connectivity index (χ2v) is 5.14. The molecule has 1 saturated heterocycles. The highest BCUT2D eigenvalue weighted by Gasteiger charge is 2.51. The zero-order valence-corrected chi connectivity index (χ0v) is 11.1. The molecular formula is C14H16FNO3. The maximum absolute atomic E-state index is 13.3. The third kappa shape index (κ3) is 2.20. The van der Waals surface area contributed by atoms with Crippen molar-refractivity contribution in [2.45, 2.75) is 25.8 Å². The number of carbonyl (C=O) groups is 2. The highest BCUT2D eigenvalue weighted by Crippen LogP contribution is 2.39. The standard InChI is InChI=1S/C14H16FNO3/c1-14(2)11(13(18)19-3)8-12(17)16(14)10-6-4-5-9(15)7-10/h4-7,11H,8H2,1-3H3. The van der Waals surface area contributed by atoms with Crippen molar-refractivity contribution in [1.82, 2.24) is 0 Å². The Morgan fingerprint density at radius 1 is 1.47 bits per heavy atom. The van der Waals surface area contributed by atoms with E-state index in [-0.39, 0.29) is 12.3 Å². The Labute approximate surface area is 111 Å². The molecule has 1 aliphatic heterocycles. The molecule has 4 nitrogen and oxygen atoms in total. The van der Waals surface area contributed by atoms with Crippen LogP contribution in [0.25, 0.3) is 0 Å². The molecule has 2 rings (SSSR count). The number of methoxy groups -OCH3 is 1. The summed E-state index contributed by atoms with van der Waals surface area (Å²) in [4.78, 5) is 25.3. The molecule has 5 heteroatoms. The average molecular weight is 265 g/mol. The van der Waals surface area contributed by atoms with E-state index in [0.717, 1.165) is 0 Å². The van der Waals surface area contributed by atoms with Crippen molar-refractivity contribution in [3.8, 4) is 0 Å². The lowest BCUT2D eigenvalue weighted by Gasteiger charge is -2.34. The number of halogens is 1. The lowest BCUT2D eigenvalue weighted by molar-refractivity contribution is -0.147. The van der Waals surface area contributed by atoms with Gasteiger partial charge in [-0.15, -0.1) is 0 Å². The first-order valence-electron chi connectivity index (χ1n) is 6.04. The lowest BCUT2D eigenvalue weighted by atomic mass is 9.88. The molecule has 102 valence electrons. The monoisotopic (exact) mass is 265 g/mol. The zero-order valence-electron chi connectivity index (χ0n) is 11.1. The highest BCUT2D eigenvalue weighted by atomic mass is 19.1. The van der Waals surface area contributed by atoms with Gasteiger partial charge in [-0.2, -0.15) is 0 Å². The number of amides is 1. The fraction of sp³-hybridized carbons (Fsp3) is 0.429. The number of hydrogen-bond acceptors (Lipinski definition) is 3. The van der Waals surface area contributed by atoms with Crippen LogP contribution in [0, 0.1) is 11.7 Å². The molecule has 0 bridgehead atoms. The molecule has 19 heavy (non-hydrogen) atoms. The van der Waals surface area contributed by atoms with E-state index in [1.807, 2.05) is 0 Å². The second kappa shape index (κ2) is 4.64. The van der Waals surface area contributed by atoms with Gasteiger partial charge in [0.05, 0.1) is 18.6 Å². The summed E-state index contributed by atoms with van der Waals surface area (Å²) in [5.74, 6) is -1.58. The quantitative estimate of drug-likeness (QED) is 0.770. The first kappa shape index (κ1) is 13.5. The number of ether oxygens (including phenoxy) is 1. The molecule has 0 spiro atoms. The van der Waals surface area contributed by atoms with Gasteiger partial charge in [0, 0.05) is 12.1 Å². The van der Waals surface area contributed by atoms with E-state index < -0.39 is 23.2 Å². The number of benzene rings is 1. The van der Waals surface area contributed by atoms with Crippen LogP contribution in [0.2, 0.25) is 0 Å². The van der Waals surface area contributed by atoms with Crippen molar-refractivity contribution >= 4 is 17.6 Å². The van der Waals surface area contributed by atoms with Crippen molar-refractivity contribution in [3.63, 3.8) is 0 Å². The fourth-order valence-electron chi connectivity index (χ4n) is 2.60. The van der Waals surface area contributed by atoms with Gasteiger partial charge in [-0.05, 0) is 32.0 Å². The summed E-state index contributed by atoms with van der Waals surface area (Å²) in [6, 6.07) is 5.80. The smallest absolute Gasteiger partial charge is 0.311 e. The normalized spacial score (nSPS) is 21.6. The largest absolute Gasteiger partial charge is 0.469 e. The van der Waals surface area contributed by atoms with E-state index >= 15 is 0 Å². The summed E-state index contributed by atoms with van der Waals surface area (Å²) in [5, 5.41) is 0. The Balaban J connectivity index is 2.41. The molecule has 0 radical (unpaired) electrons. The minimum absolute atomic E-state index is 0.0796. The van der Waals surface area contributed by atoms with Crippen LogP contribution < -0.4 is 4.90 Å². The molecule has 1 aromatic rings. The molecule has 1 unspecified atom stereocenters. The van der Waals surface area contributed by atoms with Crippen molar-refractivity contribution in [2.24, 2.45) is 5.92 Å². The Morgan fingerprint density at radius 3 is 2.74 bits per heavy atom. The van der Waals surface area contributed by atoms with Gasteiger partial charge in [-0.3, -0.25) is 9.59 Å². The SMILES string of the molecule is COC(=O)C1CC(=O)N(c2cccc(F)c2)C1(C)C. The zero-order chi connectivity index (χ0) is 14.2. The summed E-state index contributed by atoms with van der Waals surface area (Å²) >= 11 is 0. The predicted octanol–water partition coefficient (Wildman–Crippen LogP) is 2.13. The van der Waals surface area contributed by atoms with Crippen molar-refractivity contribution in [1.29, 1.82) is 0 Å². The number of hydrogen-bond donors (Lipinski definition) is 0. The summed E-state index contributed by atoms with van der Waals surface area (Å²) < 4.78 is 18.0. The molecular weight excluding hydrogens is 249 g/mol. The van der Waals surface area contributed by atoms with Gasteiger partial charge in [-0.25, -0.2) is 4.39 Å². The van der Waals surface area contributed by atoms with Crippen LogP contribution >= 0.6 is 0 Å². The molecule has 0 aliphatic carbocycles. The lowest BCUT2D eigenvalue weighted by Crippen LogP contribution is -2.46. The molecule has 1 aliphatic rings. The van der Waals surface area contributed by atoms with E-state index in [2.05, 4.69) is 0 Å². The highest BCUT2D eigenvalue weighted by molar-refractivity contribution is 6.01. The first-order valence-corrected chi connectivity index (χ1v) is 6.04. The third-order valence-corrected chi connectivity index (χ3v) is 3.61. The van der Waals surface area contributed by atoms with E-state index in [9.17, 15) is 14.0 Å². The minimum atomic E-state index is -0.738. The van der Waals surface area contributed by atoms with E-state index in [4.69, 9.17) is 4.74 Å². The van der Waals surface area contributed by atoms with Crippen LogP contribution in [-0.2, 0) is 14.3 Å². The summed E-state index contributed by atoms with van der Waals surface area (Å²) in [6.45, 7) is 3.56. The van der Waals surface area contributed by atoms with Crippen LogP contribution in [0.5, 0.6) is 0 Å². The Bertz CT molecular complexity index is 527. The third-order valence-electron chi connectivity index (χ3n) is 3.61. The van der Waals surface area contributed by atoms with Crippen molar-refractivity contribution < 1.29 is 18.7 Å². The van der Waals surface area contributed by atoms with Gasteiger partial charge in [0.1, 0.15) is 5.82 Å². The van der Waals surface area contributed by atoms with Crippen molar-refractivity contribution in [3.05, 3.63) is 30.1 Å². The molecule has 1 heterocycles. The Kier molecular flexibility index (Phi) is 3.30. The molecule has 0 saturated carbocycles. The molecule has 0 N–H and O–H groups in total. The summed E-state index contributed by atoms with van der Waals surface area (Å²) in [6.07, 6.45) is 0.0796. The molecule has 1 aromatic carbocycles.